The normalized spacial score (nSPS) is 17.6. The fraction of sp³-hybridized carbons (Fsp3) is 0.318. The lowest BCUT2D eigenvalue weighted by atomic mass is 9.99. The number of hydrogen-bond acceptors (Lipinski definition) is 4. The number of carbonyl (C=O) groups is 2. The summed E-state index contributed by atoms with van der Waals surface area (Å²) >= 11 is 0. The number of amides is 2. The Labute approximate surface area is 165 Å². The smallest absolute Gasteiger partial charge is 0.254 e. The number of oxime groups is 1. The lowest BCUT2D eigenvalue weighted by molar-refractivity contribution is -0.119. The van der Waals surface area contributed by atoms with E-state index in [1.165, 1.54) is 19.6 Å². The molecule has 2 aromatic rings. The number of nitrogens with zero attached hydrogens (tertiary/aromatic N) is 2. The van der Waals surface area contributed by atoms with Crippen molar-refractivity contribution in [3.05, 3.63) is 59.7 Å². The van der Waals surface area contributed by atoms with E-state index in [-0.39, 0.29) is 17.9 Å². The molecule has 6 heteroatoms. The molecule has 0 aromatic heterocycles. The Bertz CT molecular complexity index is 890. The topological polar surface area (TPSA) is 71.0 Å². The van der Waals surface area contributed by atoms with Crippen LogP contribution in [0.4, 0.5) is 0 Å². The maximum Gasteiger partial charge on any atom is 0.254 e. The molecule has 1 aliphatic heterocycles. The zero-order chi connectivity index (χ0) is 20.1. The maximum absolute atomic E-state index is 13.1. The van der Waals surface area contributed by atoms with Crippen LogP contribution in [0.25, 0.3) is 11.1 Å². The highest BCUT2D eigenvalue weighted by Gasteiger charge is 2.33. The van der Waals surface area contributed by atoms with E-state index in [0.29, 0.717) is 25.1 Å². The number of rotatable bonds is 5. The standard InChI is InChI=1S/C22H25N3O3/c1-15-6-4-5-7-21(15)17-8-10-18(11-9-17)22(27)25-14-19(24-28-3)12-20(25)13-23-16(2)26/h4-11,20H,12-14H2,1-3H3,(H,23,26). The first kappa shape index (κ1) is 19.6. The van der Waals surface area contributed by atoms with E-state index >= 15 is 0 Å². The number of aryl methyl sites for hydroxylation is 1. The molecule has 1 atom stereocenters. The van der Waals surface area contributed by atoms with Gasteiger partial charge >= 0.3 is 0 Å². The molecule has 2 amide bonds. The van der Waals surface area contributed by atoms with Gasteiger partial charge in [0, 0.05) is 25.5 Å². The van der Waals surface area contributed by atoms with Gasteiger partial charge in [0.05, 0.1) is 18.3 Å². The van der Waals surface area contributed by atoms with E-state index in [1.807, 2.05) is 36.4 Å². The van der Waals surface area contributed by atoms with Crippen LogP contribution in [0.1, 0.15) is 29.3 Å². The molecule has 1 heterocycles. The largest absolute Gasteiger partial charge is 0.399 e. The summed E-state index contributed by atoms with van der Waals surface area (Å²) in [5, 5.41) is 6.80. The van der Waals surface area contributed by atoms with Crippen LogP contribution in [-0.4, -0.2) is 48.7 Å². The predicted octanol–water partition coefficient (Wildman–Crippen LogP) is 3.02. The fourth-order valence-electron chi connectivity index (χ4n) is 3.50. The van der Waals surface area contributed by atoms with Gasteiger partial charge in [-0.1, -0.05) is 41.6 Å². The van der Waals surface area contributed by atoms with E-state index in [4.69, 9.17) is 4.84 Å². The number of hydrogen-bond donors (Lipinski definition) is 1. The van der Waals surface area contributed by atoms with E-state index in [9.17, 15) is 9.59 Å². The van der Waals surface area contributed by atoms with Gasteiger partial charge in [0.15, 0.2) is 0 Å². The molecule has 2 aromatic carbocycles. The SMILES string of the molecule is CON=C1CC(CNC(C)=O)N(C(=O)c2ccc(-c3ccccc3C)cc2)C1. The molecule has 28 heavy (non-hydrogen) atoms. The summed E-state index contributed by atoms with van der Waals surface area (Å²) in [7, 11) is 1.49. The molecule has 1 N–H and O–H groups in total. The van der Waals surface area contributed by atoms with Crippen molar-refractivity contribution in [2.75, 3.05) is 20.2 Å². The van der Waals surface area contributed by atoms with Crippen LogP contribution in [0.2, 0.25) is 0 Å². The minimum Gasteiger partial charge on any atom is -0.399 e. The van der Waals surface area contributed by atoms with Gasteiger partial charge in [-0.15, -0.1) is 0 Å². The molecule has 0 saturated carbocycles. The summed E-state index contributed by atoms with van der Waals surface area (Å²) in [4.78, 5) is 31.0. The molecule has 6 nitrogen and oxygen atoms in total. The van der Waals surface area contributed by atoms with Crippen molar-refractivity contribution in [1.82, 2.24) is 10.2 Å². The second-order valence-electron chi connectivity index (χ2n) is 6.96. The second kappa shape index (κ2) is 8.69. The summed E-state index contributed by atoms with van der Waals surface area (Å²) in [6.07, 6.45) is 0.584. The van der Waals surface area contributed by atoms with Crippen LogP contribution in [0.15, 0.2) is 53.7 Å². The number of nitrogens with one attached hydrogen (secondary N) is 1. The third-order valence-corrected chi connectivity index (χ3v) is 4.92. The van der Waals surface area contributed by atoms with Crippen LogP contribution in [0.3, 0.4) is 0 Å². The number of likely N-dealkylation sites (tertiary alicyclic amines) is 1. The number of benzene rings is 2. The van der Waals surface area contributed by atoms with E-state index in [1.54, 1.807) is 4.90 Å². The number of carbonyl (C=O) groups excluding carboxylic acids is 2. The first-order chi connectivity index (χ1) is 13.5. The Morgan fingerprint density at radius 3 is 2.54 bits per heavy atom. The lowest BCUT2D eigenvalue weighted by Crippen LogP contribution is -2.42. The summed E-state index contributed by atoms with van der Waals surface area (Å²) in [5.41, 5.74) is 4.83. The van der Waals surface area contributed by atoms with E-state index in [2.05, 4.69) is 29.5 Å². The Morgan fingerprint density at radius 1 is 1.18 bits per heavy atom. The Balaban J connectivity index is 1.80. The van der Waals surface area contributed by atoms with Gasteiger partial charge in [0.25, 0.3) is 5.91 Å². The first-order valence-electron chi connectivity index (χ1n) is 9.30. The van der Waals surface area contributed by atoms with E-state index in [0.717, 1.165) is 16.8 Å². The quantitative estimate of drug-likeness (QED) is 0.812. The van der Waals surface area contributed by atoms with Crippen molar-refractivity contribution < 1.29 is 14.4 Å². The highest BCUT2D eigenvalue weighted by Crippen LogP contribution is 2.25. The minimum absolute atomic E-state index is 0.0759. The van der Waals surface area contributed by atoms with Gasteiger partial charge in [0.1, 0.15) is 7.11 Å². The molecule has 1 fully saturated rings. The first-order valence-corrected chi connectivity index (χ1v) is 9.30. The van der Waals surface area contributed by atoms with Crippen molar-refractivity contribution in [3.63, 3.8) is 0 Å². The average molecular weight is 379 g/mol. The van der Waals surface area contributed by atoms with Crippen molar-refractivity contribution in [2.45, 2.75) is 26.3 Å². The summed E-state index contributed by atoms with van der Waals surface area (Å²) < 4.78 is 0. The molecule has 146 valence electrons. The average Bonchev–Trinajstić information content (AvgIpc) is 3.09. The van der Waals surface area contributed by atoms with Crippen LogP contribution in [-0.2, 0) is 9.63 Å². The Kier molecular flexibility index (Phi) is 6.09. The van der Waals surface area contributed by atoms with Gasteiger partial charge in [-0.3, -0.25) is 9.59 Å². The third-order valence-electron chi connectivity index (χ3n) is 4.92. The zero-order valence-electron chi connectivity index (χ0n) is 16.4. The van der Waals surface area contributed by atoms with Crippen molar-refractivity contribution in [2.24, 2.45) is 5.16 Å². The van der Waals surface area contributed by atoms with Gasteiger partial charge in [-0.2, -0.15) is 0 Å². The lowest BCUT2D eigenvalue weighted by Gasteiger charge is -2.24. The fourth-order valence-corrected chi connectivity index (χ4v) is 3.50. The monoisotopic (exact) mass is 379 g/mol. The molecule has 3 rings (SSSR count). The highest BCUT2D eigenvalue weighted by atomic mass is 16.6. The van der Waals surface area contributed by atoms with Gasteiger partial charge in [0.2, 0.25) is 5.91 Å². The summed E-state index contributed by atoms with van der Waals surface area (Å²) in [6, 6.07) is 15.7. The summed E-state index contributed by atoms with van der Waals surface area (Å²) in [6.45, 7) is 4.33. The van der Waals surface area contributed by atoms with E-state index < -0.39 is 0 Å². The van der Waals surface area contributed by atoms with Crippen LogP contribution in [0, 0.1) is 6.92 Å². The molecule has 0 aliphatic carbocycles. The van der Waals surface area contributed by atoms with Crippen LogP contribution in [0.5, 0.6) is 0 Å². The van der Waals surface area contributed by atoms with Crippen LogP contribution >= 0.6 is 0 Å². The molecular weight excluding hydrogens is 354 g/mol. The predicted molar refractivity (Wildman–Crippen MR) is 109 cm³/mol. The van der Waals surface area contributed by atoms with Gasteiger partial charge in [-0.25, -0.2) is 0 Å². The summed E-state index contributed by atoms with van der Waals surface area (Å²) in [5.74, 6) is -0.194. The van der Waals surface area contributed by atoms with Gasteiger partial charge < -0.3 is 15.1 Å². The van der Waals surface area contributed by atoms with Crippen molar-refractivity contribution >= 4 is 17.5 Å². The Morgan fingerprint density at radius 2 is 1.89 bits per heavy atom. The molecule has 1 aliphatic rings. The second-order valence-corrected chi connectivity index (χ2v) is 6.96. The molecular formula is C22H25N3O3. The third kappa shape index (κ3) is 4.39. The highest BCUT2D eigenvalue weighted by molar-refractivity contribution is 6.00. The van der Waals surface area contributed by atoms with Crippen molar-refractivity contribution in [1.29, 1.82) is 0 Å². The molecule has 1 saturated heterocycles. The molecule has 0 radical (unpaired) electrons. The molecule has 0 spiro atoms. The maximum atomic E-state index is 13.1. The molecule has 1 unspecified atom stereocenters. The van der Waals surface area contributed by atoms with Crippen LogP contribution < -0.4 is 5.32 Å². The Hall–Kier alpha value is -3.15. The van der Waals surface area contributed by atoms with Gasteiger partial charge in [-0.05, 0) is 35.7 Å². The molecule has 0 bridgehead atoms. The minimum atomic E-state index is -0.138. The van der Waals surface area contributed by atoms with Crippen molar-refractivity contribution in [3.8, 4) is 11.1 Å². The zero-order valence-corrected chi connectivity index (χ0v) is 16.4.